The van der Waals surface area contributed by atoms with Crippen LogP contribution in [0.5, 0.6) is 0 Å². The van der Waals surface area contributed by atoms with Crippen LogP contribution in [-0.4, -0.2) is 0 Å². The van der Waals surface area contributed by atoms with Gasteiger partial charge >= 0.3 is 14.1 Å². The molecule has 0 saturated carbocycles. The second-order valence-corrected chi connectivity index (χ2v) is 15.7. The summed E-state index contributed by atoms with van der Waals surface area (Å²) in [4.78, 5) is 0. The Kier molecular flexibility index (Phi) is 7.31. The van der Waals surface area contributed by atoms with Crippen LogP contribution in [0.25, 0.3) is 0 Å². The van der Waals surface area contributed by atoms with Gasteiger partial charge in [0.15, 0.2) is 0 Å². The molecule has 0 N–H and O–H groups in total. The van der Waals surface area contributed by atoms with E-state index in [0.29, 0.717) is 0 Å². The third-order valence-corrected chi connectivity index (χ3v) is 15.5. The third-order valence-electron chi connectivity index (χ3n) is 7.05. The number of hydrogen-bond donors (Lipinski definition) is 0. The van der Waals surface area contributed by atoms with Crippen molar-refractivity contribution in [2.75, 3.05) is 0 Å². The van der Waals surface area contributed by atoms with Gasteiger partial charge in [-0.2, -0.15) is 0 Å². The zero-order valence-corrected chi connectivity index (χ0v) is 23.5. The fourth-order valence-corrected chi connectivity index (χ4v) is 14.8. The van der Waals surface area contributed by atoms with Crippen LogP contribution in [-0.2, 0) is 0 Å². The summed E-state index contributed by atoms with van der Waals surface area (Å²) in [6.07, 6.45) is 0. The Bertz CT molecular complexity index is 1420. The van der Waals surface area contributed by atoms with Crippen LogP contribution < -0.4 is 36.0 Å². The van der Waals surface area contributed by atoms with Crippen molar-refractivity contribution in [3.63, 3.8) is 0 Å². The zero-order chi connectivity index (χ0) is 26.4. The summed E-state index contributed by atoms with van der Waals surface area (Å²) in [6.45, 7) is 0. The lowest BCUT2D eigenvalue weighted by Gasteiger charge is -2.20. The van der Waals surface area contributed by atoms with Crippen molar-refractivity contribution < 1.29 is 0 Å². The molecule has 6 aromatic rings. The van der Waals surface area contributed by atoms with Gasteiger partial charge in [-0.1, -0.05) is 109 Å². The summed E-state index contributed by atoms with van der Waals surface area (Å²) in [7, 11) is -4.99. The summed E-state index contributed by atoms with van der Waals surface area (Å²) >= 11 is 0. The maximum absolute atomic E-state index is 6.38. The SMILES string of the molecule is c1ccc(P(=[N+]=P(c2ccccc2)(c2ccccc2)c2ccccc2)(c2ccccc2)c2ccccc2)cc1. The number of nitrogens with zero attached hydrogens (tertiary/aromatic N) is 1. The van der Waals surface area contributed by atoms with Gasteiger partial charge in [-0.3, -0.25) is 0 Å². The highest BCUT2D eigenvalue weighted by molar-refractivity contribution is 7.93. The Morgan fingerprint density at radius 1 is 0.231 bits per heavy atom. The first-order valence-electron chi connectivity index (χ1n) is 13.2. The first kappa shape index (κ1) is 25.2. The van der Waals surface area contributed by atoms with E-state index in [4.69, 9.17) is 4.17 Å². The van der Waals surface area contributed by atoms with Crippen LogP contribution >= 0.6 is 14.1 Å². The van der Waals surface area contributed by atoms with E-state index >= 15 is 0 Å². The van der Waals surface area contributed by atoms with E-state index in [2.05, 4.69) is 182 Å². The van der Waals surface area contributed by atoms with Crippen LogP contribution in [0.3, 0.4) is 0 Å². The van der Waals surface area contributed by atoms with E-state index in [-0.39, 0.29) is 0 Å². The van der Waals surface area contributed by atoms with Crippen LogP contribution in [0.4, 0.5) is 0 Å². The van der Waals surface area contributed by atoms with Crippen molar-refractivity contribution in [1.82, 2.24) is 4.17 Å². The molecule has 0 unspecified atom stereocenters. The molecule has 0 spiro atoms. The Labute approximate surface area is 231 Å². The Balaban J connectivity index is 2.02. The summed E-state index contributed by atoms with van der Waals surface area (Å²) < 4.78 is 6.38. The largest absolute Gasteiger partial charge is 0.301 e. The molecule has 0 atom stereocenters. The molecular formula is C36H30NP2+. The molecule has 1 nitrogen and oxygen atoms in total. The van der Waals surface area contributed by atoms with E-state index in [9.17, 15) is 0 Å². The Morgan fingerprint density at radius 2 is 0.385 bits per heavy atom. The molecule has 0 saturated heterocycles. The minimum atomic E-state index is -2.50. The summed E-state index contributed by atoms with van der Waals surface area (Å²) in [5, 5.41) is 7.55. The summed E-state index contributed by atoms with van der Waals surface area (Å²) in [5.41, 5.74) is 0. The van der Waals surface area contributed by atoms with E-state index in [0.717, 1.165) is 0 Å². The minimum Gasteiger partial charge on any atom is -0.148 e. The maximum atomic E-state index is 6.38. The van der Waals surface area contributed by atoms with E-state index < -0.39 is 14.1 Å². The van der Waals surface area contributed by atoms with Gasteiger partial charge < -0.3 is 0 Å². The first-order valence-corrected chi connectivity index (χ1v) is 16.7. The summed E-state index contributed by atoms with van der Waals surface area (Å²) in [5.74, 6) is 0. The van der Waals surface area contributed by atoms with E-state index in [1.54, 1.807) is 0 Å². The van der Waals surface area contributed by atoms with Crippen molar-refractivity contribution >= 4 is 45.9 Å². The molecule has 188 valence electrons. The minimum absolute atomic E-state index is 1.26. The molecule has 39 heavy (non-hydrogen) atoms. The van der Waals surface area contributed by atoms with Gasteiger partial charge in [0.05, 0.1) is 31.8 Å². The van der Waals surface area contributed by atoms with Gasteiger partial charge in [-0.05, 0) is 72.8 Å². The molecule has 6 aromatic carbocycles. The molecule has 0 heterocycles. The van der Waals surface area contributed by atoms with E-state index in [1.165, 1.54) is 31.8 Å². The van der Waals surface area contributed by atoms with Gasteiger partial charge in [0.2, 0.25) is 0 Å². The smallest absolute Gasteiger partial charge is 0.148 e. The van der Waals surface area contributed by atoms with Crippen molar-refractivity contribution in [1.29, 1.82) is 0 Å². The van der Waals surface area contributed by atoms with Gasteiger partial charge in [0, 0.05) is 0 Å². The Morgan fingerprint density at radius 3 is 0.538 bits per heavy atom. The molecule has 0 aliphatic carbocycles. The molecule has 0 amide bonds. The highest BCUT2D eigenvalue weighted by atomic mass is 31.2. The van der Waals surface area contributed by atoms with Crippen LogP contribution in [0.15, 0.2) is 182 Å². The summed E-state index contributed by atoms with van der Waals surface area (Å²) in [6, 6.07) is 65.7. The van der Waals surface area contributed by atoms with Crippen molar-refractivity contribution in [3.05, 3.63) is 182 Å². The monoisotopic (exact) mass is 538 g/mol. The van der Waals surface area contributed by atoms with Gasteiger partial charge in [-0.25, -0.2) is 0 Å². The second kappa shape index (κ2) is 11.3. The molecular weight excluding hydrogens is 508 g/mol. The van der Waals surface area contributed by atoms with Crippen molar-refractivity contribution in [3.8, 4) is 0 Å². The molecule has 0 aliphatic rings. The lowest BCUT2D eigenvalue weighted by Crippen LogP contribution is -2.31. The normalized spacial score (nSPS) is 11.5. The number of hydrogen-bond acceptors (Lipinski definition) is 0. The first-order chi connectivity index (χ1) is 19.3. The maximum Gasteiger partial charge on any atom is 0.301 e. The molecule has 3 heteroatoms. The van der Waals surface area contributed by atoms with Crippen molar-refractivity contribution in [2.45, 2.75) is 0 Å². The van der Waals surface area contributed by atoms with Crippen LogP contribution in [0.1, 0.15) is 0 Å². The average Bonchev–Trinajstić information content (AvgIpc) is 3.04. The van der Waals surface area contributed by atoms with E-state index in [1.807, 2.05) is 0 Å². The van der Waals surface area contributed by atoms with Crippen LogP contribution in [0, 0.1) is 0 Å². The lowest BCUT2D eigenvalue weighted by molar-refractivity contribution is 1.67. The highest BCUT2D eigenvalue weighted by Crippen LogP contribution is 2.50. The van der Waals surface area contributed by atoms with Crippen LogP contribution in [0.2, 0.25) is 0 Å². The number of rotatable bonds is 6. The second-order valence-electron chi connectivity index (χ2n) is 9.37. The topological polar surface area (TPSA) is 14.1 Å². The standard InChI is InChI=1S/C36H30NP2/c1-7-19-31(20-8-1)38(32-21-9-2-10-22-32,33-23-11-3-12-24-33)37-39(34-25-13-4-14-26-34,35-27-15-5-16-28-35)36-29-17-6-18-30-36/h1-30H/q+1. The Hall–Kier alpha value is -4.11. The lowest BCUT2D eigenvalue weighted by atomic mass is 10.4. The molecule has 0 aliphatic heterocycles. The third kappa shape index (κ3) is 4.67. The molecule has 0 aromatic heterocycles. The number of benzene rings is 6. The molecule has 0 fully saturated rings. The zero-order valence-electron chi connectivity index (χ0n) is 21.7. The van der Waals surface area contributed by atoms with Gasteiger partial charge in [-0.15, -0.1) is 4.17 Å². The average molecular weight is 539 g/mol. The fourth-order valence-electron chi connectivity index (χ4n) is 5.27. The molecule has 6 rings (SSSR count). The van der Waals surface area contributed by atoms with Gasteiger partial charge in [0.1, 0.15) is 0 Å². The molecule has 0 bridgehead atoms. The fraction of sp³-hybridized carbons (Fsp3) is 0. The highest BCUT2D eigenvalue weighted by Gasteiger charge is 2.44. The van der Waals surface area contributed by atoms with Crippen molar-refractivity contribution in [2.24, 2.45) is 0 Å². The molecule has 0 radical (unpaired) electrons. The predicted molar refractivity (Wildman–Crippen MR) is 172 cm³/mol. The predicted octanol–water partition coefficient (Wildman–Crippen LogP) is 6.41. The quantitative estimate of drug-likeness (QED) is 0.172. The van der Waals surface area contributed by atoms with Gasteiger partial charge in [0.25, 0.3) is 0 Å².